The quantitative estimate of drug-likeness (QED) is 0.772. The van der Waals surface area contributed by atoms with Crippen molar-refractivity contribution in [2.45, 2.75) is 19.4 Å². The number of hydrogen-bond donors (Lipinski definition) is 2. The Kier molecular flexibility index (Phi) is 5.16. The molecule has 4 N–H and O–H groups in total. The van der Waals surface area contributed by atoms with E-state index < -0.39 is 5.91 Å². The van der Waals surface area contributed by atoms with E-state index in [1.54, 1.807) is 6.07 Å². The molecule has 0 bridgehead atoms. The molecular weight excluding hydrogens is 270 g/mol. The van der Waals surface area contributed by atoms with E-state index in [0.29, 0.717) is 38.3 Å². The van der Waals surface area contributed by atoms with E-state index in [1.807, 2.05) is 18.2 Å². The molecular formula is C15H21N3O3. The Morgan fingerprint density at radius 2 is 1.90 bits per heavy atom. The van der Waals surface area contributed by atoms with Gasteiger partial charge in [0.15, 0.2) is 0 Å². The maximum Gasteiger partial charge on any atom is 0.237 e. The molecule has 1 aliphatic heterocycles. The maximum absolute atomic E-state index is 12.6. The van der Waals surface area contributed by atoms with Crippen LogP contribution in [0.1, 0.15) is 18.4 Å². The van der Waals surface area contributed by atoms with Crippen molar-refractivity contribution in [1.82, 2.24) is 4.90 Å². The molecule has 2 rings (SSSR count). The fourth-order valence-corrected chi connectivity index (χ4v) is 2.49. The van der Waals surface area contributed by atoms with E-state index in [2.05, 4.69) is 0 Å². The number of benzene rings is 1. The number of anilines is 1. The minimum atomic E-state index is -0.523. The third-order valence-corrected chi connectivity index (χ3v) is 3.65. The fraction of sp³-hybridized carbons (Fsp3) is 0.467. The van der Waals surface area contributed by atoms with Crippen LogP contribution in [-0.4, -0.2) is 36.5 Å². The van der Waals surface area contributed by atoms with Crippen LogP contribution >= 0.6 is 0 Å². The molecule has 0 unspecified atom stereocenters. The van der Waals surface area contributed by atoms with Crippen LogP contribution < -0.4 is 11.5 Å². The van der Waals surface area contributed by atoms with Crippen molar-refractivity contribution >= 4 is 17.5 Å². The second kappa shape index (κ2) is 7.08. The largest absolute Gasteiger partial charge is 0.398 e. The summed E-state index contributed by atoms with van der Waals surface area (Å²) in [6.45, 7) is 1.36. The van der Waals surface area contributed by atoms with E-state index >= 15 is 0 Å². The van der Waals surface area contributed by atoms with Crippen molar-refractivity contribution < 1.29 is 14.3 Å². The normalized spacial score (nSPS) is 15.6. The van der Waals surface area contributed by atoms with Gasteiger partial charge in [0.1, 0.15) is 0 Å². The Morgan fingerprint density at radius 1 is 1.24 bits per heavy atom. The Hall–Kier alpha value is -2.08. The van der Waals surface area contributed by atoms with E-state index in [9.17, 15) is 9.59 Å². The number of rotatable bonds is 5. The molecule has 21 heavy (non-hydrogen) atoms. The lowest BCUT2D eigenvalue weighted by molar-refractivity contribution is -0.142. The first-order chi connectivity index (χ1) is 10.1. The summed E-state index contributed by atoms with van der Waals surface area (Å²) >= 11 is 0. The minimum absolute atomic E-state index is 0.0552. The van der Waals surface area contributed by atoms with Gasteiger partial charge in [-0.05, 0) is 24.5 Å². The molecule has 1 aliphatic rings. The summed E-state index contributed by atoms with van der Waals surface area (Å²) < 4.78 is 5.27. The van der Waals surface area contributed by atoms with E-state index in [1.165, 1.54) is 4.90 Å². The molecule has 1 aromatic rings. The van der Waals surface area contributed by atoms with Crippen LogP contribution in [0.3, 0.4) is 0 Å². The lowest BCUT2D eigenvalue weighted by Gasteiger charge is -2.29. The van der Waals surface area contributed by atoms with Gasteiger partial charge in [-0.25, -0.2) is 0 Å². The molecule has 1 heterocycles. The molecule has 6 nitrogen and oxygen atoms in total. The van der Waals surface area contributed by atoms with Gasteiger partial charge in [-0.3, -0.25) is 9.59 Å². The molecule has 0 saturated carbocycles. The van der Waals surface area contributed by atoms with Gasteiger partial charge in [0.05, 0.1) is 6.54 Å². The van der Waals surface area contributed by atoms with Crippen LogP contribution in [-0.2, 0) is 20.9 Å². The van der Waals surface area contributed by atoms with Crippen LogP contribution in [0.15, 0.2) is 24.3 Å². The van der Waals surface area contributed by atoms with E-state index in [0.717, 1.165) is 5.56 Å². The highest BCUT2D eigenvalue weighted by Gasteiger charge is 2.27. The van der Waals surface area contributed by atoms with Crippen LogP contribution in [0.5, 0.6) is 0 Å². The zero-order valence-electron chi connectivity index (χ0n) is 12.0. The summed E-state index contributed by atoms with van der Waals surface area (Å²) in [5.41, 5.74) is 12.6. The summed E-state index contributed by atoms with van der Waals surface area (Å²) in [5, 5.41) is 0. The number of carbonyl (C=O) groups is 2. The topological polar surface area (TPSA) is 98.7 Å². The molecule has 0 atom stereocenters. The van der Waals surface area contributed by atoms with Gasteiger partial charge < -0.3 is 21.1 Å². The summed E-state index contributed by atoms with van der Waals surface area (Å²) in [7, 11) is 0. The zero-order chi connectivity index (χ0) is 15.2. The number of nitrogen functional groups attached to an aromatic ring is 1. The van der Waals surface area contributed by atoms with E-state index in [4.69, 9.17) is 16.2 Å². The average Bonchev–Trinajstić information content (AvgIpc) is 2.48. The predicted octanol–water partition coefficient (Wildman–Crippen LogP) is 0.509. The van der Waals surface area contributed by atoms with Gasteiger partial charge in [-0.1, -0.05) is 18.2 Å². The molecule has 0 radical (unpaired) electrons. The highest BCUT2D eigenvalue weighted by Crippen LogP contribution is 2.20. The standard InChI is InChI=1S/C15H21N3O3/c16-13-4-2-1-3-12(13)9-18(10-14(17)19)15(20)11-5-7-21-8-6-11/h1-4,11H,5-10,16H2,(H2,17,19). The Labute approximate surface area is 124 Å². The molecule has 1 aromatic carbocycles. The van der Waals surface area contributed by atoms with Gasteiger partial charge in [0.2, 0.25) is 11.8 Å². The number of carbonyl (C=O) groups excluding carboxylic acids is 2. The molecule has 0 spiro atoms. The van der Waals surface area contributed by atoms with Crippen LogP contribution in [0.4, 0.5) is 5.69 Å². The number of para-hydroxylation sites is 1. The van der Waals surface area contributed by atoms with Gasteiger partial charge >= 0.3 is 0 Å². The SMILES string of the molecule is NC(=O)CN(Cc1ccccc1N)C(=O)C1CCOCC1. The van der Waals surface area contributed by atoms with Crippen molar-refractivity contribution in [3.8, 4) is 0 Å². The maximum atomic E-state index is 12.6. The molecule has 0 aliphatic carbocycles. The van der Waals surface area contributed by atoms with Crippen molar-refractivity contribution in [1.29, 1.82) is 0 Å². The molecule has 1 fully saturated rings. The van der Waals surface area contributed by atoms with Gasteiger partial charge in [0.25, 0.3) is 0 Å². The number of primary amides is 1. The number of hydrogen-bond acceptors (Lipinski definition) is 4. The van der Waals surface area contributed by atoms with Crippen molar-refractivity contribution in [2.75, 3.05) is 25.5 Å². The third kappa shape index (κ3) is 4.19. The van der Waals surface area contributed by atoms with Gasteiger partial charge in [0, 0.05) is 31.4 Å². The van der Waals surface area contributed by atoms with E-state index in [-0.39, 0.29) is 18.4 Å². The molecule has 0 aromatic heterocycles. The second-order valence-electron chi connectivity index (χ2n) is 5.25. The monoisotopic (exact) mass is 291 g/mol. The zero-order valence-corrected chi connectivity index (χ0v) is 12.0. The predicted molar refractivity (Wildman–Crippen MR) is 79.0 cm³/mol. The molecule has 2 amide bonds. The minimum Gasteiger partial charge on any atom is -0.398 e. The lowest BCUT2D eigenvalue weighted by Crippen LogP contribution is -2.42. The average molecular weight is 291 g/mol. The lowest BCUT2D eigenvalue weighted by atomic mass is 9.98. The van der Waals surface area contributed by atoms with Crippen molar-refractivity contribution in [2.24, 2.45) is 11.7 Å². The third-order valence-electron chi connectivity index (χ3n) is 3.65. The van der Waals surface area contributed by atoms with Crippen LogP contribution in [0.25, 0.3) is 0 Å². The summed E-state index contributed by atoms with van der Waals surface area (Å²) in [5.74, 6) is -0.687. The summed E-state index contributed by atoms with van der Waals surface area (Å²) in [6, 6.07) is 7.31. The molecule has 1 saturated heterocycles. The first-order valence-corrected chi connectivity index (χ1v) is 7.06. The van der Waals surface area contributed by atoms with Crippen LogP contribution in [0.2, 0.25) is 0 Å². The number of nitrogens with zero attached hydrogens (tertiary/aromatic N) is 1. The molecule has 114 valence electrons. The van der Waals surface area contributed by atoms with Crippen LogP contribution in [0, 0.1) is 5.92 Å². The summed E-state index contributed by atoms with van der Waals surface area (Å²) in [4.78, 5) is 25.3. The fourth-order valence-electron chi connectivity index (χ4n) is 2.49. The number of amides is 2. The first-order valence-electron chi connectivity index (χ1n) is 7.06. The number of ether oxygens (including phenoxy) is 1. The Morgan fingerprint density at radius 3 is 2.52 bits per heavy atom. The van der Waals surface area contributed by atoms with Crippen molar-refractivity contribution in [3.05, 3.63) is 29.8 Å². The number of nitrogens with two attached hydrogens (primary N) is 2. The second-order valence-corrected chi connectivity index (χ2v) is 5.25. The highest BCUT2D eigenvalue weighted by atomic mass is 16.5. The highest BCUT2D eigenvalue weighted by molar-refractivity contribution is 5.85. The first kappa shape index (κ1) is 15.3. The van der Waals surface area contributed by atoms with Gasteiger partial charge in [-0.2, -0.15) is 0 Å². The smallest absolute Gasteiger partial charge is 0.237 e. The Balaban J connectivity index is 2.11. The van der Waals surface area contributed by atoms with Gasteiger partial charge in [-0.15, -0.1) is 0 Å². The molecule has 6 heteroatoms. The van der Waals surface area contributed by atoms with Crippen molar-refractivity contribution in [3.63, 3.8) is 0 Å². The summed E-state index contributed by atoms with van der Waals surface area (Å²) in [6.07, 6.45) is 1.36. The Bertz CT molecular complexity index is 513.